The van der Waals surface area contributed by atoms with Gasteiger partial charge in [-0.3, -0.25) is 0 Å². The summed E-state index contributed by atoms with van der Waals surface area (Å²) in [5, 5.41) is 0. The van der Waals surface area contributed by atoms with Gasteiger partial charge in [-0.2, -0.15) is 0 Å². The lowest BCUT2D eigenvalue weighted by Crippen LogP contribution is -2.55. The third kappa shape index (κ3) is 8.93. The van der Waals surface area contributed by atoms with Gasteiger partial charge in [-0.1, -0.05) is 127 Å². The number of halogens is 1. The van der Waals surface area contributed by atoms with Crippen LogP contribution < -0.4 is 4.74 Å². The van der Waals surface area contributed by atoms with Crippen molar-refractivity contribution in [2.24, 2.45) is 0 Å². The molecule has 1 aliphatic rings. The van der Waals surface area contributed by atoms with Crippen molar-refractivity contribution in [3.05, 3.63) is 173 Å². The zero-order chi connectivity index (χ0) is 32.3. The molecule has 0 N–H and O–H groups in total. The van der Waals surface area contributed by atoms with Crippen molar-refractivity contribution in [2.75, 3.05) is 13.7 Å². The highest BCUT2D eigenvalue weighted by Gasteiger charge is 2.48. The maximum atomic E-state index is 16.6. The van der Waals surface area contributed by atoms with Crippen LogP contribution in [-0.2, 0) is 45.2 Å². The lowest BCUT2D eigenvalue weighted by Gasteiger charge is -2.44. The van der Waals surface area contributed by atoms with Gasteiger partial charge in [-0.15, -0.1) is 0 Å². The highest BCUT2D eigenvalue weighted by atomic mass is 19.1. The second-order valence-electron chi connectivity index (χ2n) is 11.8. The van der Waals surface area contributed by atoms with Gasteiger partial charge in [0.2, 0.25) is 0 Å². The van der Waals surface area contributed by atoms with E-state index in [9.17, 15) is 0 Å². The second-order valence-corrected chi connectivity index (χ2v) is 11.8. The lowest BCUT2D eigenvalue weighted by atomic mass is 9.90. The van der Waals surface area contributed by atoms with Gasteiger partial charge in [0.1, 0.15) is 30.2 Å². The molecule has 0 amide bonds. The standard InChI is InChI=1S/C41H41FO5/c1-43-36-22-20-30(21-23-36)24-34-18-11-19-35(25-34)39-41(46-28-33-16-9-4-10-17-33)40(45-27-32-14-7-3-8-15-32)38(42)37(47-39)29-44-26-31-12-5-2-6-13-31/h2-23,25,37-41H,24,26-29H2,1H3. The van der Waals surface area contributed by atoms with Crippen LogP contribution in [0.2, 0.25) is 0 Å². The van der Waals surface area contributed by atoms with Crippen molar-refractivity contribution >= 4 is 0 Å². The fraction of sp³-hybridized carbons (Fsp3) is 0.268. The quantitative estimate of drug-likeness (QED) is 0.123. The first-order chi connectivity index (χ1) is 23.2. The van der Waals surface area contributed by atoms with Crippen LogP contribution in [0.4, 0.5) is 4.39 Å². The molecule has 0 spiro atoms. The van der Waals surface area contributed by atoms with Crippen molar-refractivity contribution in [3.8, 4) is 5.75 Å². The Kier molecular flexibility index (Phi) is 11.4. The first kappa shape index (κ1) is 32.6. The summed E-state index contributed by atoms with van der Waals surface area (Å²) in [7, 11) is 1.66. The van der Waals surface area contributed by atoms with Crippen LogP contribution >= 0.6 is 0 Å². The summed E-state index contributed by atoms with van der Waals surface area (Å²) in [6.45, 7) is 0.983. The van der Waals surface area contributed by atoms with Crippen LogP contribution in [-0.4, -0.2) is 38.2 Å². The van der Waals surface area contributed by atoms with Gasteiger partial charge in [-0.05, 0) is 51.9 Å². The van der Waals surface area contributed by atoms with E-state index in [2.05, 4.69) is 24.3 Å². The molecule has 6 rings (SSSR count). The molecule has 0 aliphatic carbocycles. The van der Waals surface area contributed by atoms with Crippen molar-refractivity contribution in [1.29, 1.82) is 0 Å². The third-order valence-corrected chi connectivity index (χ3v) is 8.42. The van der Waals surface area contributed by atoms with Gasteiger partial charge in [0.05, 0.1) is 33.5 Å². The van der Waals surface area contributed by atoms with Gasteiger partial charge in [0.15, 0.2) is 6.17 Å². The number of hydrogen-bond acceptors (Lipinski definition) is 5. The molecule has 5 nitrogen and oxygen atoms in total. The number of hydrogen-bond donors (Lipinski definition) is 0. The molecule has 242 valence electrons. The number of rotatable bonds is 14. The minimum Gasteiger partial charge on any atom is -0.497 e. The Labute approximate surface area is 276 Å². The van der Waals surface area contributed by atoms with E-state index >= 15 is 4.39 Å². The minimum absolute atomic E-state index is 0.0781. The molecule has 0 saturated carbocycles. The van der Waals surface area contributed by atoms with Crippen molar-refractivity contribution < 1.29 is 28.1 Å². The van der Waals surface area contributed by atoms with Gasteiger partial charge in [0.25, 0.3) is 0 Å². The summed E-state index contributed by atoms with van der Waals surface area (Å²) in [6.07, 6.45) is -3.81. The number of methoxy groups -OCH3 is 1. The summed E-state index contributed by atoms with van der Waals surface area (Å²) in [6, 6.07) is 45.9. The SMILES string of the molecule is COc1ccc(Cc2cccc(C3OC(COCc4ccccc4)C(F)C(OCc4ccccc4)C3OCc3ccccc3)c2)cc1. The Bertz CT molecular complexity index is 1630. The smallest absolute Gasteiger partial charge is 0.157 e. The van der Waals surface area contributed by atoms with E-state index in [0.29, 0.717) is 13.2 Å². The minimum atomic E-state index is -1.48. The predicted molar refractivity (Wildman–Crippen MR) is 181 cm³/mol. The average molecular weight is 633 g/mol. The van der Waals surface area contributed by atoms with Crippen LogP contribution in [0.3, 0.4) is 0 Å². The van der Waals surface area contributed by atoms with E-state index in [1.807, 2.05) is 115 Å². The first-order valence-electron chi connectivity index (χ1n) is 16.1. The highest BCUT2D eigenvalue weighted by molar-refractivity contribution is 5.34. The van der Waals surface area contributed by atoms with E-state index in [1.165, 1.54) is 0 Å². The van der Waals surface area contributed by atoms with Gasteiger partial charge >= 0.3 is 0 Å². The molecule has 5 unspecified atom stereocenters. The Morgan fingerprint density at radius 1 is 0.574 bits per heavy atom. The summed E-state index contributed by atoms with van der Waals surface area (Å²) >= 11 is 0. The molecule has 1 aliphatic heterocycles. The van der Waals surface area contributed by atoms with Crippen molar-refractivity contribution in [1.82, 2.24) is 0 Å². The number of ether oxygens (including phenoxy) is 5. The van der Waals surface area contributed by atoms with Crippen LogP contribution in [0.1, 0.15) is 39.5 Å². The zero-order valence-electron chi connectivity index (χ0n) is 26.6. The topological polar surface area (TPSA) is 46.2 Å². The van der Waals surface area contributed by atoms with Crippen molar-refractivity contribution in [2.45, 2.75) is 56.8 Å². The summed E-state index contributed by atoms with van der Waals surface area (Å²) < 4.78 is 47.6. The van der Waals surface area contributed by atoms with Crippen LogP contribution in [0.5, 0.6) is 5.75 Å². The Balaban J connectivity index is 1.29. The molecular weight excluding hydrogens is 591 g/mol. The Morgan fingerprint density at radius 2 is 1.13 bits per heavy atom. The van der Waals surface area contributed by atoms with Crippen LogP contribution in [0.15, 0.2) is 140 Å². The third-order valence-electron chi connectivity index (χ3n) is 8.42. The maximum absolute atomic E-state index is 16.6. The van der Waals surface area contributed by atoms with Gasteiger partial charge in [0, 0.05) is 0 Å². The monoisotopic (exact) mass is 632 g/mol. The molecule has 0 radical (unpaired) electrons. The fourth-order valence-electron chi connectivity index (χ4n) is 5.93. The van der Waals surface area contributed by atoms with Crippen molar-refractivity contribution in [3.63, 3.8) is 0 Å². The van der Waals surface area contributed by atoms with E-state index < -0.39 is 30.6 Å². The average Bonchev–Trinajstić information content (AvgIpc) is 3.13. The molecule has 5 aromatic rings. The second kappa shape index (κ2) is 16.5. The molecule has 1 heterocycles. The molecule has 6 heteroatoms. The Morgan fingerprint density at radius 3 is 1.72 bits per heavy atom. The predicted octanol–water partition coefficient (Wildman–Crippen LogP) is 8.45. The van der Waals surface area contributed by atoms with E-state index in [0.717, 1.165) is 45.6 Å². The molecule has 47 heavy (non-hydrogen) atoms. The summed E-state index contributed by atoms with van der Waals surface area (Å²) in [5.74, 6) is 0.819. The van der Waals surface area contributed by atoms with E-state index in [-0.39, 0.29) is 13.2 Å². The molecule has 0 bridgehead atoms. The summed E-state index contributed by atoms with van der Waals surface area (Å²) in [4.78, 5) is 0. The molecule has 0 aromatic heterocycles. The molecule has 5 aromatic carbocycles. The van der Waals surface area contributed by atoms with Gasteiger partial charge in [-0.25, -0.2) is 4.39 Å². The normalized spacial score (nSPS) is 20.9. The van der Waals surface area contributed by atoms with E-state index in [1.54, 1.807) is 7.11 Å². The largest absolute Gasteiger partial charge is 0.497 e. The molecular formula is C41H41FO5. The van der Waals surface area contributed by atoms with Crippen LogP contribution in [0, 0.1) is 0 Å². The zero-order valence-corrected chi connectivity index (χ0v) is 26.6. The summed E-state index contributed by atoms with van der Waals surface area (Å²) in [5.41, 5.74) is 6.14. The maximum Gasteiger partial charge on any atom is 0.157 e. The fourth-order valence-corrected chi connectivity index (χ4v) is 5.93. The molecule has 5 atom stereocenters. The Hall–Kier alpha value is -4.33. The molecule has 1 fully saturated rings. The van der Waals surface area contributed by atoms with Crippen LogP contribution in [0.25, 0.3) is 0 Å². The molecule has 1 saturated heterocycles. The lowest BCUT2D eigenvalue weighted by molar-refractivity contribution is -0.248. The number of benzene rings is 5. The van der Waals surface area contributed by atoms with E-state index in [4.69, 9.17) is 23.7 Å². The van der Waals surface area contributed by atoms with Gasteiger partial charge < -0.3 is 23.7 Å². The number of alkyl halides is 1. The highest BCUT2D eigenvalue weighted by Crippen LogP contribution is 2.38. The first-order valence-corrected chi connectivity index (χ1v) is 16.1.